The van der Waals surface area contributed by atoms with Crippen LogP contribution in [0.25, 0.3) is 0 Å². The first-order valence-corrected chi connectivity index (χ1v) is 8.63. The maximum absolute atomic E-state index is 12.2. The Kier molecular flexibility index (Phi) is 3.78. The van der Waals surface area contributed by atoms with Crippen LogP contribution in [0.3, 0.4) is 0 Å². The molecule has 0 spiro atoms. The van der Waals surface area contributed by atoms with Crippen LogP contribution in [0.5, 0.6) is 0 Å². The van der Waals surface area contributed by atoms with Crippen molar-refractivity contribution in [1.29, 1.82) is 0 Å². The number of hydrogen-bond donors (Lipinski definition) is 0. The number of ketones is 1. The monoisotopic (exact) mass is 305 g/mol. The molecule has 0 amide bonds. The molecule has 118 valence electrons. The molecule has 2 aromatic carbocycles. The fourth-order valence-electron chi connectivity index (χ4n) is 4.57. The maximum Gasteiger partial charge on any atom is 0.134 e. The van der Waals surface area contributed by atoms with Gasteiger partial charge in [-0.15, -0.1) is 0 Å². The molecule has 2 aromatic rings. The van der Waals surface area contributed by atoms with Crippen molar-refractivity contribution in [3.8, 4) is 0 Å². The highest BCUT2D eigenvalue weighted by Gasteiger charge is 2.50. The zero-order valence-corrected chi connectivity index (χ0v) is 13.4. The van der Waals surface area contributed by atoms with Gasteiger partial charge in [0.15, 0.2) is 0 Å². The lowest BCUT2D eigenvalue weighted by Crippen LogP contribution is -2.47. The molecule has 0 bridgehead atoms. The van der Waals surface area contributed by atoms with Crippen LogP contribution in [-0.4, -0.2) is 23.3 Å². The van der Waals surface area contributed by atoms with Crippen molar-refractivity contribution in [1.82, 2.24) is 4.90 Å². The van der Waals surface area contributed by atoms with E-state index in [2.05, 4.69) is 65.6 Å². The average Bonchev–Trinajstić information content (AvgIpc) is 2.96. The lowest BCUT2D eigenvalue weighted by Gasteiger charge is -2.42. The van der Waals surface area contributed by atoms with Gasteiger partial charge >= 0.3 is 0 Å². The first-order valence-electron chi connectivity index (χ1n) is 8.63. The molecular weight excluding hydrogens is 282 g/mol. The van der Waals surface area contributed by atoms with E-state index in [1.165, 1.54) is 17.5 Å². The van der Waals surface area contributed by atoms with Crippen molar-refractivity contribution in [2.75, 3.05) is 6.54 Å². The number of fused-ring (bicyclic) bond motifs is 1. The summed E-state index contributed by atoms with van der Waals surface area (Å²) in [5.74, 6) is 0.432. The highest BCUT2D eigenvalue weighted by molar-refractivity contribution is 5.81. The van der Waals surface area contributed by atoms with E-state index in [9.17, 15) is 4.79 Å². The number of rotatable bonds is 3. The Balaban J connectivity index is 1.65. The fourth-order valence-corrected chi connectivity index (χ4v) is 4.57. The van der Waals surface area contributed by atoms with E-state index in [-0.39, 0.29) is 5.41 Å². The summed E-state index contributed by atoms with van der Waals surface area (Å²) in [4.78, 5) is 14.7. The number of Topliss-reactive ketones (excluding diaryl/α,β-unsaturated/α-hetero) is 1. The third-order valence-electron chi connectivity index (χ3n) is 5.77. The minimum atomic E-state index is 0.171. The molecule has 0 aromatic heterocycles. The standard InChI is InChI=1S/C21H23NO/c23-19-11-12-21(18-9-5-2-6-10-18)13-14-22(20(21)15-19)16-17-7-3-1-4-8-17/h1-10,20H,11-16H2. The average molecular weight is 305 g/mol. The second kappa shape index (κ2) is 5.93. The van der Waals surface area contributed by atoms with Crippen LogP contribution < -0.4 is 0 Å². The van der Waals surface area contributed by atoms with E-state index in [0.717, 1.165) is 25.9 Å². The molecule has 0 N–H and O–H groups in total. The van der Waals surface area contributed by atoms with Crippen molar-refractivity contribution in [3.63, 3.8) is 0 Å². The third-order valence-corrected chi connectivity index (χ3v) is 5.77. The molecule has 1 saturated carbocycles. The van der Waals surface area contributed by atoms with Gasteiger partial charge in [0.25, 0.3) is 0 Å². The molecule has 1 aliphatic heterocycles. The Morgan fingerprint density at radius 2 is 1.65 bits per heavy atom. The van der Waals surface area contributed by atoms with Crippen LogP contribution in [0.15, 0.2) is 60.7 Å². The van der Waals surface area contributed by atoms with E-state index in [1.807, 2.05) is 0 Å². The molecular formula is C21H23NO. The summed E-state index contributed by atoms with van der Waals surface area (Å²) in [5.41, 5.74) is 2.94. The van der Waals surface area contributed by atoms with Gasteiger partial charge in [-0.25, -0.2) is 0 Å². The van der Waals surface area contributed by atoms with Crippen molar-refractivity contribution < 1.29 is 4.79 Å². The van der Waals surface area contributed by atoms with Gasteiger partial charge in [0.2, 0.25) is 0 Å². The van der Waals surface area contributed by atoms with Gasteiger partial charge in [-0.05, 0) is 30.5 Å². The van der Waals surface area contributed by atoms with E-state index < -0.39 is 0 Å². The van der Waals surface area contributed by atoms with Gasteiger partial charge in [-0.2, -0.15) is 0 Å². The molecule has 1 saturated heterocycles. The lowest BCUT2D eigenvalue weighted by molar-refractivity contribution is -0.123. The van der Waals surface area contributed by atoms with Crippen LogP contribution in [0.2, 0.25) is 0 Å². The number of carbonyl (C=O) groups excluding carboxylic acids is 1. The highest BCUT2D eigenvalue weighted by atomic mass is 16.1. The van der Waals surface area contributed by atoms with Gasteiger partial charge in [-0.1, -0.05) is 60.7 Å². The minimum Gasteiger partial charge on any atom is -0.300 e. The quantitative estimate of drug-likeness (QED) is 0.855. The summed E-state index contributed by atoms with van der Waals surface area (Å²) < 4.78 is 0. The first kappa shape index (κ1) is 14.6. The molecule has 2 nitrogen and oxygen atoms in total. The largest absolute Gasteiger partial charge is 0.300 e. The van der Waals surface area contributed by atoms with E-state index in [4.69, 9.17) is 0 Å². The van der Waals surface area contributed by atoms with Crippen LogP contribution >= 0.6 is 0 Å². The Bertz CT molecular complexity index is 682. The van der Waals surface area contributed by atoms with Crippen molar-refractivity contribution >= 4 is 5.78 Å². The topological polar surface area (TPSA) is 20.3 Å². The normalized spacial score (nSPS) is 27.8. The molecule has 2 heteroatoms. The van der Waals surface area contributed by atoms with Gasteiger partial charge < -0.3 is 0 Å². The number of carbonyl (C=O) groups is 1. The van der Waals surface area contributed by atoms with Crippen molar-refractivity contribution in [2.45, 2.75) is 43.7 Å². The van der Waals surface area contributed by atoms with E-state index in [0.29, 0.717) is 18.2 Å². The summed E-state index contributed by atoms with van der Waals surface area (Å²) in [5, 5.41) is 0. The van der Waals surface area contributed by atoms with Crippen LogP contribution in [-0.2, 0) is 16.8 Å². The molecule has 2 fully saturated rings. The maximum atomic E-state index is 12.2. The van der Waals surface area contributed by atoms with Gasteiger partial charge in [0.05, 0.1) is 0 Å². The molecule has 0 radical (unpaired) electrons. The lowest BCUT2D eigenvalue weighted by atomic mass is 9.66. The fraction of sp³-hybridized carbons (Fsp3) is 0.381. The van der Waals surface area contributed by atoms with Crippen LogP contribution in [0.4, 0.5) is 0 Å². The summed E-state index contributed by atoms with van der Waals surface area (Å²) in [6.07, 6.45) is 3.62. The molecule has 4 rings (SSSR count). The first-order chi connectivity index (χ1) is 11.3. The summed E-state index contributed by atoms with van der Waals surface area (Å²) >= 11 is 0. The van der Waals surface area contributed by atoms with Gasteiger partial charge in [-0.3, -0.25) is 9.69 Å². The second-order valence-electron chi connectivity index (χ2n) is 6.99. The number of benzene rings is 2. The Hall–Kier alpha value is -1.93. The summed E-state index contributed by atoms with van der Waals surface area (Å²) in [6.45, 7) is 2.04. The van der Waals surface area contributed by atoms with Crippen LogP contribution in [0.1, 0.15) is 36.8 Å². The predicted octanol–water partition coefficient (Wildman–Crippen LogP) is 3.95. The molecule has 2 atom stereocenters. The molecule has 23 heavy (non-hydrogen) atoms. The SMILES string of the molecule is O=C1CCC2(c3ccccc3)CCN(Cc3ccccc3)C2C1. The highest BCUT2D eigenvalue weighted by Crippen LogP contribution is 2.48. The molecule has 1 aliphatic carbocycles. The zero-order valence-electron chi connectivity index (χ0n) is 13.4. The molecule has 1 heterocycles. The van der Waals surface area contributed by atoms with Gasteiger partial charge in [0.1, 0.15) is 5.78 Å². The Morgan fingerprint density at radius 1 is 0.957 bits per heavy atom. The molecule has 2 aliphatic rings. The zero-order chi connectivity index (χ0) is 15.7. The van der Waals surface area contributed by atoms with Gasteiger partial charge in [0, 0.05) is 30.8 Å². The van der Waals surface area contributed by atoms with Crippen molar-refractivity contribution in [2.24, 2.45) is 0 Å². The number of hydrogen-bond acceptors (Lipinski definition) is 2. The Morgan fingerprint density at radius 3 is 2.39 bits per heavy atom. The predicted molar refractivity (Wildman–Crippen MR) is 92.2 cm³/mol. The van der Waals surface area contributed by atoms with Crippen LogP contribution in [0, 0.1) is 0 Å². The minimum absolute atomic E-state index is 0.171. The number of nitrogens with zero attached hydrogens (tertiary/aromatic N) is 1. The summed E-state index contributed by atoms with van der Waals surface area (Å²) in [6, 6.07) is 21.9. The van der Waals surface area contributed by atoms with E-state index in [1.54, 1.807) is 0 Å². The smallest absolute Gasteiger partial charge is 0.134 e. The van der Waals surface area contributed by atoms with E-state index >= 15 is 0 Å². The second-order valence-corrected chi connectivity index (χ2v) is 6.99. The molecule has 2 unspecified atom stereocenters. The Labute approximate surface area is 138 Å². The third kappa shape index (κ3) is 2.61. The number of likely N-dealkylation sites (tertiary alicyclic amines) is 1. The summed E-state index contributed by atoms with van der Waals surface area (Å²) in [7, 11) is 0. The van der Waals surface area contributed by atoms with Crippen molar-refractivity contribution in [3.05, 3.63) is 71.8 Å².